The van der Waals surface area contributed by atoms with Crippen LogP contribution in [0.2, 0.25) is 0 Å². The zero-order valence-electron chi connectivity index (χ0n) is 20.2. The third-order valence-corrected chi connectivity index (χ3v) is 9.32. The van der Waals surface area contributed by atoms with Crippen LogP contribution in [0, 0.1) is 5.41 Å². The second-order valence-electron chi connectivity index (χ2n) is 11.3. The van der Waals surface area contributed by atoms with E-state index in [1.807, 2.05) is 12.1 Å². The smallest absolute Gasteiger partial charge is 0.137 e. The summed E-state index contributed by atoms with van der Waals surface area (Å²) in [4.78, 5) is 4.80. The Labute approximate surface area is 190 Å². The van der Waals surface area contributed by atoms with Gasteiger partial charge in [-0.25, -0.2) is 0 Å². The molecule has 2 heterocycles. The van der Waals surface area contributed by atoms with Gasteiger partial charge < -0.3 is 14.2 Å². The molecule has 0 saturated heterocycles. The Balaban J connectivity index is 1.52. The third-order valence-electron chi connectivity index (χ3n) is 9.32. The number of anilines is 3. The quantitative estimate of drug-likeness (QED) is 0.312. The van der Waals surface area contributed by atoms with Crippen LogP contribution in [0.25, 0.3) is 21.9 Å². The van der Waals surface area contributed by atoms with E-state index in [4.69, 9.17) is 4.42 Å². The maximum absolute atomic E-state index is 6.19. The summed E-state index contributed by atoms with van der Waals surface area (Å²) in [6.45, 7) is 15.3. The molecule has 2 aliphatic rings. The van der Waals surface area contributed by atoms with Crippen molar-refractivity contribution < 1.29 is 4.42 Å². The number of para-hydroxylation sites is 1. The first-order valence-electron chi connectivity index (χ1n) is 11.6. The van der Waals surface area contributed by atoms with E-state index in [0.717, 1.165) is 17.8 Å². The van der Waals surface area contributed by atoms with Crippen LogP contribution >= 0.6 is 0 Å². The van der Waals surface area contributed by atoms with Gasteiger partial charge in [0, 0.05) is 29.6 Å². The molecule has 6 rings (SSSR count). The summed E-state index contributed by atoms with van der Waals surface area (Å²) in [5.74, 6) is 0. The molecule has 0 radical (unpaired) electrons. The summed E-state index contributed by atoms with van der Waals surface area (Å²) in [5.41, 5.74) is 9.03. The fourth-order valence-corrected chi connectivity index (χ4v) is 6.06. The second kappa shape index (κ2) is 5.89. The maximum atomic E-state index is 6.19. The molecule has 0 bridgehead atoms. The molecule has 1 aliphatic carbocycles. The van der Waals surface area contributed by atoms with Crippen molar-refractivity contribution in [2.45, 2.75) is 52.4 Å². The molecular formula is C29H32N2O. The van der Waals surface area contributed by atoms with Gasteiger partial charge in [0.25, 0.3) is 0 Å². The predicted octanol–water partition coefficient (Wildman–Crippen LogP) is 7.73. The van der Waals surface area contributed by atoms with Crippen LogP contribution in [0.15, 0.2) is 59.0 Å². The Hall–Kier alpha value is -2.94. The first-order chi connectivity index (χ1) is 15.0. The lowest BCUT2D eigenvalue weighted by Crippen LogP contribution is -2.42. The SMILES string of the molecule is CN1CN(c2ccc3c(c2)oc2ccccc23)c2cc3c(cc21)C(C)(C)C(C)(C)C3(C)C. The first-order valence-corrected chi connectivity index (χ1v) is 11.6. The molecule has 4 aromatic rings. The van der Waals surface area contributed by atoms with Gasteiger partial charge in [-0.05, 0) is 57.7 Å². The van der Waals surface area contributed by atoms with E-state index in [-0.39, 0.29) is 16.2 Å². The standard InChI is InChI=1S/C29H32N2O/c1-27(2)21-15-23-24(16-22(21)28(3,4)29(27,5)6)31(17-30(23)7)18-12-13-20-19-10-8-9-11-25(19)32-26(20)14-18/h8-16H,17H2,1-7H3. The Morgan fingerprint density at radius 2 is 1.34 bits per heavy atom. The third kappa shape index (κ3) is 2.22. The Morgan fingerprint density at radius 3 is 2.06 bits per heavy atom. The van der Waals surface area contributed by atoms with Crippen LogP contribution in [0.4, 0.5) is 17.1 Å². The van der Waals surface area contributed by atoms with Crippen LogP contribution in [0.5, 0.6) is 0 Å². The molecule has 0 atom stereocenters. The lowest BCUT2D eigenvalue weighted by molar-refractivity contribution is 0.125. The van der Waals surface area contributed by atoms with Gasteiger partial charge in [-0.3, -0.25) is 0 Å². The molecule has 0 fully saturated rings. The van der Waals surface area contributed by atoms with Crippen molar-refractivity contribution in [3.63, 3.8) is 0 Å². The molecule has 0 unspecified atom stereocenters. The van der Waals surface area contributed by atoms with Gasteiger partial charge in [-0.2, -0.15) is 0 Å². The van der Waals surface area contributed by atoms with Gasteiger partial charge in [0.15, 0.2) is 0 Å². The van der Waals surface area contributed by atoms with Crippen LogP contribution < -0.4 is 9.80 Å². The van der Waals surface area contributed by atoms with Crippen molar-refractivity contribution in [1.29, 1.82) is 0 Å². The minimum absolute atomic E-state index is 0.0936. The van der Waals surface area contributed by atoms with Crippen molar-refractivity contribution in [3.05, 3.63) is 65.7 Å². The van der Waals surface area contributed by atoms with Gasteiger partial charge in [0.05, 0.1) is 18.0 Å². The highest BCUT2D eigenvalue weighted by Gasteiger charge is 2.57. The van der Waals surface area contributed by atoms with Gasteiger partial charge in [-0.1, -0.05) is 59.7 Å². The van der Waals surface area contributed by atoms with E-state index >= 15 is 0 Å². The van der Waals surface area contributed by atoms with E-state index in [1.165, 1.54) is 39.0 Å². The monoisotopic (exact) mass is 424 g/mol. The molecule has 0 spiro atoms. The van der Waals surface area contributed by atoms with Crippen molar-refractivity contribution in [2.24, 2.45) is 5.41 Å². The number of hydrogen-bond donors (Lipinski definition) is 0. The van der Waals surface area contributed by atoms with E-state index < -0.39 is 0 Å². The molecule has 164 valence electrons. The lowest BCUT2D eigenvalue weighted by atomic mass is 9.59. The molecule has 3 heteroatoms. The van der Waals surface area contributed by atoms with E-state index in [9.17, 15) is 0 Å². The molecule has 1 aliphatic heterocycles. The fourth-order valence-electron chi connectivity index (χ4n) is 6.06. The zero-order valence-corrected chi connectivity index (χ0v) is 20.2. The summed E-state index contributed by atoms with van der Waals surface area (Å²) in [6.07, 6.45) is 0. The Kier molecular flexibility index (Phi) is 3.63. The molecule has 0 amide bonds. The summed E-state index contributed by atoms with van der Waals surface area (Å²) >= 11 is 0. The number of furan rings is 1. The molecule has 3 nitrogen and oxygen atoms in total. The van der Waals surface area contributed by atoms with Crippen LogP contribution in [0.3, 0.4) is 0 Å². The van der Waals surface area contributed by atoms with Crippen LogP contribution in [-0.4, -0.2) is 13.7 Å². The van der Waals surface area contributed by atoms with Gasteiger partial charge >= 0.3 is 0 Å². The van der Waals surface area contributed by atoms with Crippen LogP contribution in [-0.2, 0) is 10.8 Å². The van der Waals surface area contributed by atoms with Gasteiger partial charge in [0.2, 0.25) is 0 Å². The number of nitrogens with zero attached hydrogens (tertiary/aromatic N) is 2. The highest BCUT2D eigenvalue weighted by atomic mass is 16.3. The number of fused-ring (bicyclic) bond motifs is 5. The van der Waals surface area contributed by atoms with E-state index in [0.29, 0.717) is 0 Å². The van der Waals surface area contributed by atoms with Gasteiger partial charge in [-0.15, -0.1) is 0 Å². The Morgan fingerprint density at radius 1 is 0.719 bits per heavy atom. The van der Waals surface area contributed by atoms with Gasteiger partial charge in [0.1, 0.15) is 11.2 Å². The summed E-state index contributed by atoms with van der Waals surface area (Å²) in [5, 5.41) is 2.35. The minimum Gasteiger partial charge on any atom is -0.456 e. The minimum atomic E-state index is 0.0936. The van der Waals surface area contributed by atoms with Crippen molar-refractivity contribution in [2.75, 3.05) is 23.5 Å². The zero-order chi connectivity index (χ0) is 22.6. The second-order valence-corrected chi connectivity index (χ2v) is 11.3. The highest BCUT2D eigenvalue weighted by molar-refractivity contribution is 6.06. The molecule has 32 heavy (non-hydrogen) atoms. The molecule has 3 aromatic carbocycles. The number of benzene rings is 3. The van der Waals surface area contributed by atoms with E-state index in [2.05, 4.69) is 101 Å². The average molecular weight is 425 g/mol. The topological polar surface area (TPSA) is 19.6 Å². The summed E-state index contributed by atoms with van der Waals surface area (Å²) < 4.78 is 6.19. The molecule has 0 saturated carbocycles. The highest BCUT2D eigenvalue weighted by Crippen LogP contribution is 2.63. The molecular weight excluding hydrogens is 392 g/mol. The first kappa shape index (κ1) is 19.7. The number of rotatable bonds is 1. The average Bonchev–Trinajstić information content (AvgIpc) is 3.31. The summed E-state index contributed by atoms with van der Waals surface area (Å²) in [6, 6.07) is 19.8. The fraction of sp³-hybridized carbons (Fsp3) is 0.379. The van der Waals surface area contributed by atoms with Crippen molar-refractivity contribution in [1.82, 2.24) is 0 Å². The molecule has 1 aromatic heterocycles. The Bertz CT molecular complexity index is 1410. The maximum Gasteiger partial charge on any atom is 0.137 e. The predicted molar refractivity (Wildman–Crippen MR) is 135 cm³/mol. The van der Waals surface area contributed by atoms with Crippen LogP contribution in [0.1, 0.15) is 52.7 Å². The van der Waals surface area contributed by atoms with Crippen molar-refractivity contribution in [3.8, 4) is 0 Å². The number of hydrogen-bond acceptors (Lipinski definition) is 3. The lowest BCUT2D eigenvalue weighted by Gasteiger charge is -2.44. The molecule has 0 N–H and O–H groups in total. The van der Waals surface area contributed by atoms with E-state index in [1.54, 1.807) is 0 Å². The largest absolute Gasteiger partial charge is 0.456 e. The van der Waals surface area contributed by atoms with Crippen molar-refractivity contribution >= 4 is 39.0 Å². The normalized spacial score (nSPS) is 20.2. The summed E-state index contributed by atoms with van der Waals surface area (Å²) in [7, 11) is 2.20.